The number of aromatic nitrogens is 3. The van der Waals surface area contributed by atoms with Gasteiger partial charge in [0.1, 0.15) is 5.82 Å². The summed E-state index contributed by atoms with van der Waals surface area (Å²) in [6.07, 6.45) is 11.4. The average molecular weight is 398 g/mol. The van der Waals surface area contributed by atoms with E-state index in [0.29, 0.717) is 24.2 Å². The molecule has 3 fully saturated rings. The highest BCUT2D eigenvalue weighted by Crippen LogP contribution is 2.39. The molecule has 2 aromatic heterocycles. The van der Waals surface area contributed by atoms with Gasteiger partial charge in [-0.1, -0.05) is 12.8 Å². The van der Waals surface area contributed by atoms with Crippen molar-refractivity contribution in [2.24, 2.45) is 17.8 Å². The van der Waals surface area contributed by atoms with Gasteiger partial charge in [0.25, 0.3) is 0 Å². The molecule has 7 heteroatoms. The van der Waals surface area contributed by atoms with Crippen LogP contribution in [0.1, 0.15) is 44.9 Å². The van der Waals surface area contributed by atoms with Crippen LogP contribution in [0.15, 0.2) is 24.5 Å². The third kappa shape index (κ3) is 3.84. The molecule has 1 saturated heterocycles. The number of carbonyl (C=O) groups excluding carboxylic acids is 1. The van der Waals surface area contributed by atoms with Crippen LogP contribution in [-0.4, -0.2) is 52.9 Å². The normalized spacial score (nSPS) is 30.0. The molecule has 0 bridgehead atoms. The summed E-state index contributed by atoms with van der Waals surface area (Å²) >= 11 is 0. The van der Waals surface area contributed by atoms with E-state index in [1.165, 1.54) is 25.7 Å². The fourth-order valence-electron chi connectivity index (χ4n) is 5.73. The van der Waals surface area contributed by atoms with Crippen LogP contribution < -0.4 is 10.2 Å². The Hall–Kier alpha value is -2.15. The molecule has 0 unspecified atom stereocenters. The van der Waals surface area contributed by atoms with Gasteiger partial charge in [-0.25, -0.2) is 9.50 Å². The van der Waals surface area contributed by atoms with Crippen LogP contribution in [0.2, 0.25) is 0 Å². The lowest BCUT2D eigenvalue weighted by Crippen LogP contribution is -2.50. The van der Waals surface area contributed by atoms with E-state index >= 15 is 0 Å². The highest BCUT2D eigenvalue weighted by molar-refractivity contribution is 5.76. The smallest absolute Gasteiger partial charge is 0.220 e. The number of hydrogen-bond acceptors (Lipinski definition) is 5. The molecule has 5 rings (SSSR count). The number of amides is 1. The van der Waals surface area contributed by atoms with Crippen LogP contribution in [0.3, 0.4) is 0 Å². The number of hydrogen-bond donors (Lipinski definition) is 1. The lowest BCUT2D eigenvalue weighted by Gasteiger charge is -2.37. The molecule has 7 nitrogen and oxygen atoms in total. The van der Waals surface area contributed by atoms with E-state index in [2.05, 4.69) is 21.3 Å². The van der Waals surface area contributed by atoms with Crippen molar-refractivity contribution in [1.29, 1.82) is 0 Å². The Balaban J connectivity index is 1.24. The van der Waals surface area contributed by atoms with Crippen molar-refractivity contribution in [2.75, 3.05) is 25.1 Å². The van der Waals surface area contributed by atoms with Gasteiger partial charge in [-0.2, -0.15) is 0 Å². The quantitative estimate of drug-likeness (QED) is 0.840. The summed E-state index contributed by atoms with van der Waals surface area (Å²) in [5.41, 5.74) is 0.870. The Kier molecular flexibility index (Phi) is 5.16. The second-order valence-electron chi connectivity index (χ2n) is 9.12. The molecule has 29 heavy (non-hydrogen) atoms. The fourth-order valence-corrected chi connectivity index (χ4v) is 5.73. The molecule has 0 aromatic carbocycles. The molecule has 1 amide bonds. The predicted molar refractivity (Wildman–Crippen MR) is 111 cm³/mol. The van der Waals surface area contributed by atoms with Crippen LogP contribution in [-0.2, 0) is 9.53 Å². The number of ether oxygens (including phenoxy) is 1. The molecule has 0 radical (unpaired) electrons. The molecular weight excluding hydrogens is 366 g/mol. The van der Waals surface area contributed by atoms with Crippen LogP contribution in [0.25, 0.3) is 5.65 Å². The van der Waals surface area contributed by atoms with Gasteiger partial charge >= 0.3 is 0 Å². The van der Waals surface area contributed by atoms with Gasteiger partial charge in [0.15, 0.2) is 5.65 Å². The predicted octanol–water partition coefficient (Wildman–Crippen LogP) is 2.66. The summed E-state index contributed by atoms with van der Waals surface area (Å²) in [6, 6.07) is 4.21. The molecule has 3 aliphatic rings. The van der Waals surface area contributed by atoms with Crippen LogP contribution in [0.5, 0.6) is 0 Å². The molecule has 1 aliphatic heterocycles. The number of imidazole rings is 1. The van der Waals surface area contributed by atoms with Crippen molar-refractivity contribution in [3.05, 3.63) is 24.5 Å². The number of methoxy groups -OCH3 is 1. The first kappa shape index (κ1) is 18.9. The zero-order chi connectivity index (χ0) is 19.8. The minimum atomic E-state index is 0.104. The number of nitrogens with zero attached hydrogens (tertiary/aromatic N) is 4. The lowest BCUT2D eigenvalue weighted by atomic mass is 9.77. The van der Waals surface area contributed by atoms with Crippen molar-refractivity contribution in [3.8, 4) is 0 Å². The molecule has 2 aromatic rings. The minimum Gasteiger partial charge on any atom is -0.379 e. The third-order valence-electron chi connectivity index (χ3n) is 7.28. The standard InChI is InChI=1S/C22H31N5O2/c1-29-19-12-17-14-26(21-7-6-20-23-8-9-27(20)25-21)13-16(17)11-18(19)24-22(28)10-15-4-2-3-5-15/h6-9,15-19H,2-5,10-14H2,1H3,(H,24,28)/t16-,17+,18-,19-/m0/s1. The highest BCUT2D eigenvalue weighted by atomic mass is 16.5. The lowest BCUT2D eigenvalue weighted by molar-refractivity contribution is -0.124. The Morgan fingerprint density at radius 2 is 2.00 bits per heavy atom. The first-order valence-electron chi connectivity index (χ1n) is 11.1. The summed E-state index contributed by atoms with van der Waals surface area (Å²) in [4.78, 5) is 19.3. The zero-order valence-electron chi connectivity index (χ0n) is 17.2. The fraction of sp³-hybridized carbons (Fsp3) is 0.682. The van der Waals surface area contributed by atoms with Crippen LogP contribution in [0, 0.1) is 17.8 Å². The van der Waals surface area contributed by atoms with Crippen molar-refractivity contribution >= 4 is 17.4 Å². The SMILES string of the molecule is CO[C@H]1C[C@@H]2CN(c3ccc4nccn4n3)C[C@@H]2C[C@@H]1NC(=O)CC1CCCC1. The van der Waals surface area contributed by atoms with Gasteiger partial charge in [0.05, 0.1) is 12.1 Å². The van der Waals surface area contributed by atoms with Gasteiger partial charge < -0.3 is 15.0 Å². The molecule has 0 spiro atoms. The summed E-state index contributed by atoms with van der Waals surface area (Å²) in [7, 11) is 1.78. The van der Waals surface area contributed by atoms with E-state index < -0.39 is 0 Å². The maximum Gasteiger partial charge on any atom is 0.220 e. The van der Waals surface area contributed by atoms with Gasteiger partial charge in [-0.05, 0) is 55.6 Å². The van der Waals surface area contributed by atoms with Gasteiger partial charge in [-0.15, -0.1) is 5.10 Å². The van der Waals surface area contributed by atoms with Crippen LogP contribution >= 0.6 is 0 Å². The van der Waals surface area contributed by atoms with Gasteiger partial charge in [-0.3, -0.25) is 4.79 Å². The molecular formula is C22H31N5O2. The van der Waals surface area contributed by atoms with Crippen molar-refractivity contribution in [1.82, 2.24) is 19.9 Å². The van der Waals surface area contributed by atoms with Crippen molar-refractivity contribution < 1.29 is 9.53 Å². The largest absolute Gasteiger partial charge is 0.379 e. The van der Waals surface area contributed by atoms with Crippen molar-refractivity contribution in [2.45, 2.75) is 57.1 Å². The first-order valence-corrected chi connectivity index (χ1v) is 11.1. The van der Waals surface area contributed by atoms with Crippen LogP contribution in [0.4, 0.5) is 5.82 Å². The highest BCUT2D eigenvalue weighted by Gasteiger charge is 2.43. The number of nitrogens with one attached hydrogen (secondary N) is 1. The Labute approximate surface area is 171 Å². The van der Waals surface area contributed by atoms with Gasteiger partial charge in [0.2, 0.25) is 5.91 Å². The summed E-state index contributed by atoms with van der Waals surface area (Å²) in [5, 5.41) is 8.04. The monoisotopic (exact) mass is 397 g/mol. The molecule has 2 aliphatic carbocycles. The van der Waals surface area contributed by atoms with Gasteiger partial charge in [0, 0.05) is 39.0 Å². The molecule has 156 valence electrons. The zero-order valence-corrected chi connectivity index (χ0v) is 17.2. The van der Waals surface area contributed by atoms with E-state index in [9.17, 15) is 4.79 Å². The Morgan fingerprint density at radius 1 is 1.21 bits per heavy atom. The van der Waals surface area contributed by atoms with E-state index in [0.717, 1.165) is 37.4 Å². The molecule has 3 heterocycles. The first-order chi connectivity index (χ1) is 14.2. The van der Waals surface area contributed by atoms with E-state index in [1.807, 2.05) is 16.8 Å². The maximum atomic E-state index is 12.6. The molecule has 2 saturated carbocycles. The Bertz CT molecular complexity index is 862. The second kappa shape index (κ2) is 7.94. The number of carbonyl (C=O) groups is 1. The topological polar surface area (TPSA) is 71.8 Å². The molecule has 4 atom stereocenters. The summed E-state index contributed by atoms with van der Waals surface area (Å²) < 4.78 is 7.64. The third-order valence-corrected chi connectivity index (χ3v) is 7.28. The minimum absolute atomic E-state index is 0.104. The van der Waals surface area contributed by atoms with Crippen molar-refractivity contribution in [3.63, 3.8) is 0 Å². The maximum absolute atomic E-state index is 12.6. The number of rotatable bonds is 5. The van der Waals surface area contributed by atoms with E-state index in [-0.39, 0.29) is 18.1 Å². The van der Waals surface area contributed by atoms with E-state index in [4.69, 9.17) is 9.84 Å². The Morgan fingerprint density at radius 3 is 2.79 bits per heavy atom. The summed E-state index contributed by atoms with van der Waals surface area (Å²) in [6.45, 7) is 1.99. The van der Waals surface area contributed by atoms with E-state index in [1.54, 1.807) is 13.3 Å². The molecule has 1 N–H and O–H groups in total. The average Bonchev–Trinajstić information content (AvgIpc) is 3.46. The summed E-state index contributed by atoms with van der Waals surface area (Å²) in [5.74, 6) is 2.95. The number of fused-ring (bicyclic) bond motifs is 2. The number of anilines is 1. The second-order valence-corrected chi connectivity index (χ2v) is 9.12.